The molecular weight excluding hydrogens is 278 g/mol. The first-order valence-corrected chi connectivity index (χ1v) is 7.56. The zero-order valence-electron chi connectivity index (χ0n) is 13.1. The summed E-state index contributed by atoms with van der Waals surface area (Å²) < 4.78 is 7.28. The number of rotatable bonds is 4. The maximum Gasteiger partial charge on any atom is 0.320 e. The maximum absolute atomic E-state index is 12.8. The minimum atomic E-state index is -0.263. The number of carbonyl (C=O) groups excluding carboxylic acids is 2. The third-order valence-electron chi connectivity index (χ3n) is 4.27. The van der Waals surface area contributed by atoms with E-state index in [-0.39, 0.29) is 17.7 Å². The minimum Gasteiger partial charge on any atom is -0.424 e. The summed E-state index contributed by atoms with van der Waals surface area (Å²) in [4.78, 5) is 24.8. The fraction of sp³-hybridized carbons (Fsp3) is 0.333. The van der Waals surface area contributed by atoms with Crippen molar-refractivity contribution in [2.75, 3.05) is 0 Å². The number of esters is 1. The van der Waals surface area contributed by atoms with Crippen molar-refractivity contribution in [1.82, 2.24) is 4.57 Å². The normalized spacial score (nSPS) is 16.5. The summed E-state index contributed by atoms with van der Waals surface area (Å²) in [6, 6.07) is 9.18. The quantitative estimate of drug-likeness (QED) is 0.642. The van der Waals surface area contributed by atoms with Crippen LogP contribution < -0.4 is 4.74 Å². The van der Waals surface area contributed by atoms with E-state index in [0.717, 1.165) is 24.1 Å². The fourth-order valence-corrected chi connectivity index (χ4v) is 3.22. The first-order chi connectivity index (χ1) is 10.6. The van der Waals surface area contributed by atoms with Crippen LogP contribution in [0.25, 0.3) is 0 Å². The van der Waals surface area contributed by atoms with Gasteiger partial charge in [0.15, 0.2) is 5.75 Å². The predicted molar refractivity (Wildman–Crippen MR) is 83.3 cm³/mol. The summed E-state index contributed by atoms with van der Waals surface area (Å²) in [7, 11) is 1.84. The number of aromatic nitrogens is 1. The van der Waals surface area contributed by atoms with Crippen molar-refractivity contribution < 1.29 is 14.3 Å². The zero-order valence-corrected chi connectivity index (χ0v) is 13.1. The van der Waals surface area contributed by atoms with Gasteiger partial charge in [-0.15, -0.1) is 0 Å². The Morgan fingerprint density at radius 3 is 2.59 bits per heavy atom. The summed E-state index contributed by atoms with van der Waals surface area (Å²) in [5, 5.41) is 0. The number of ketones is 1. The van der Waals surface area contributed by atoms with E-state index in [2.05, 4.69) is 0 Å². The molecule has 1 unspecified atom stereocenters. The summed E-state index contributed by atoms with van der Waals surface area (Å²) in [5.41, 5.74) is 2.83. The second kappa shape index (κ2) is 5.44. The van der Waals surface area contributed by atoms with E-state index in [4.69, 9.17) is 4.74 Å². The van der Waals surface area contributed by atoms with Crippen LogP contribution in [-0.4, -0.2) is 16.3 Å². The number of carbonyl (C=O) groups is 2. The van der Waals surface area contributed by atoms with Crippen LogP contribution in [0, 0.1) is 6.92 Å². The van der Waals surface area contributed by atoms with Crippen molar-refractivity contribution in [2.45, 2.75) is 32.6 Å². The van der Waals surface area contributed by atoms with E-state index < -0.39 is 0 Å². The van der Waals surface area contributed by atoms with Crippen molar-refractivity contribution in [1.29, 1.82) is 0 Å². The van der Waals surface area contributed by atoms with Gasteiger partial charge in [0.2, 0.25) is 5.78 Å². The van der Waals surface area contributed by atoms with Crippen LogP contribution in [0.4, 0.5) is 0 Å². The number of benzene rings is 1. The Kier molecular flexibility index (Phi) is 3.61. The molecule has 2 heterocycles. The van der Waals surface area contributed by atoms with E-state index in [1.807, 2.05) is 43.7 Å². The summed E-state index contributed by atoms with van der Waals surface area (Å²) in [5.74, 6) is 0.0665. The van der Waals surface area contributed by atoms with Crippen LogP contribution in [0.5, 0.6) is 5.75 Å². The molecular formula is C18H19NO3. The Bertz CT molecular complexity index is 743. The molecule has 1 aliphatic heterocycles. The van der Waals surface area contributed by atoms with Crippen LogP contribution in [0.15, 0.2) is 30.3 Å². The third kappa shape index (κ3) is 2.06. The van der Waals surface area contributed by atoms with Crippen LogP contribution in [0.3, 0.4) is 0 Å². The highest BCUT2D eigenvalue weighted by atomic mass is 16.5. The molecule has 0 spiro atoms. The van der Waals surface area contributed by atoms with Crippen molar-refractivity contribution in [2.24, 2.45) is 7.05 Å². The molecule has 0 aliphatic carbocycles. The van der Waals surface area contributed by atoms with Gasteiger partial charge in [0, 0.05) is 18.2 Å². The summed E-state index contributed by atoms with van der Waals surface area (Å²) >= 11 is 0. The SMILES string of the molecule is CCCC1C(=O)Oc2c(C)c(C(=O)c3ccccc3)n(C)c21. The van der Waals surface area contributed by atoms with Crippen LogP contribution in [0.1, 0.15) is 53.0 Å². The number of ether oxygens (including phenoxy) is 1. The van der Waals surface area contributed by atoms with E-state index in [1.54, 1.807) is 12.1 Å². The Hall–Kier alpha value is -2.36. The molecule has 1 aliphatic rings. The molecule has 0 saturated carbocycles. The lowest BCUT2D eigenvalue weighted by Crippen LogP contribution is -2.17. The Morgan fingerprint density at radius 2 is 1.95 bits per heavy atom. The second-order valence-electron chi connectivity index (χ2n) is 5.70. The highest BCUT2D eigenvalue weighted by Crippen LogP contribution is 2.43. The van der Waals surface area contributed by atoms with E-state index in [9.17, 15) is 9.59 Å². The van der Waals surface area contributed by atoms with Gasteiger partial charge in [0.1, 0.15) is 5.92 Å². The molecule has 0 radical (unpaired) electrons. The molecule has 3 rings (SSSR count). The number of nitrogens with zero attached hydrogens (tertiary/aromatic N) is 1. The van der Waals surface area contributed by atoms with Gasteiger partial charge in [0.05, 0.1) is 11.4 Å². The van der Waals surface area contributed by atoms with Gasteiger partial charge in [0.25, 0.3) is 0 Å². The molecule has 0 saturated heterocycles. The molecule has 0 bridgehead atoms. The topological polar surface area (TPSA) is 48.3 Å². The number of hydrogen-bond acceptors (Lipinski definition) is 3. The average molecular weight is 297 g/mol. The fourth-order valence-electron chi connectivity index (χ4n) is 3.22. The molecule has 4 heteroatoms. The number of fused-ring (bicyclic) bond motifs is 1. The lowest BCUT2D eigenvalue weighted by molar-refractivity contribution is -0.134. The Balaban J connectivity index is 2.10. The van der Waals surface area contributed by atoms with Gasteiger partial charge < -0.3 is 9.30 Å². The smallest absolute Gasteiger partial charge is 0.320 e. The molecule has 0 fully saturated rings. The molecule has 114 valence electrons. The average Bonchev–Trinajstić information content (AvgIpc) is 2.96. The van der Waals surface area contributed by atoms with Crippen LogP contribution in [0.2, 0.25) is 0 Å². The lowest BCUT2D eigenvalue weighted by Gasteiger charge is -2.11. The number of hydrogen-bond donors (Lipinski definition) is 0. The Morgan fingerprint density at radius 1 is 1.27 bits per heavy atom. The molecule has 0 N–H and O–H groups in total. The van der Waals surface area contributed by atoms with Crippen molar-refractivity contribution in [3.05, 3.63) is 52.8 Å². The highest BCUT2D eigenvalue weighted by Gasteiger charge is 2.39. The van der Waals surface area contributed by atoms with Gasteiger partial charge in [-0.05, 0) is 13.3 Å². The predicted octanol–water partition coefficient (Wildman–Crippen LogP) is 3.37. The van der Waals surface area contributed by atoms with Gasteiger partial charge >= 0.3 is 5.97 Å². The molecule has 1 aromatic heterocycles. The summed E-state index contributed by atoms with van der Waals surface area (Å²) in [6.45, 7) is 3.88. The summed E-state index contributed by atoms with van der Waals surface area (Å²) in [6.07, 6.45) is 1.63. The maximum atomic E-state index is 12.8. The lowest BCUT2D eigenvalue weighted by atomic mass is 10.0. The third-order valence-corrected chi connectivity index (χ3v) is 4.27. The molecule has 1 atom stereocenters. The van der Waals surface area contributed by atoms with Gasteiger partial charge in [-0.3, -0.25) is 9.59 Å². The van der Waals surface area contributed by atoms with Crippen molar-refractivity contribution in [3.8, 4) is 5.75 Å². The molecule has 4 nitrogen and oxygen atoms in total. The highest BCUT2D eigenvalue weighted by molar-refractivity contribution is 6.10. The van der Waals surface area contributed by atoms with Crippen molar-refractivity contribution >= 4 is 11.8 Å². The molecule has 2 aromatic rings. The molecule has 22 heavy (non-hydrogen) atoms. The monoisotopic (exact) mass is 297 g/mol. The van der Waals surface area contributed by atoms with E-state index in [0.29, 0.717) is 17.0 Å². The second-order valence-corrected chi connectivity index (χ2v) is 5.70. The standard InChI is InChI=1S/C18H19NO3/c1-4-8-13-15-17(22-18(13)21)11(2)14(19(15)3)16(20)12-9-6-5-7-10-12/h5-7,9-10,13H,4,8H2,1-3H3. The minimum absolute atomic E-state index is 0.0405. The van der Waals surface area contributed by atoms with Gasteiger partial charge in [-0.2, -0.15) is 0 Å². The van der Waals surface area contributed by atoms with E-state index in [1.165, 1.54) is 0 Å². The van der Waals surface area contributed by atoms with Gasteiger partial charge in [-0.1, -0.05) is 43.7 Å². The van der Waals surface area contributed by atoms with Crippen LogP contribution in [-0.2, 0) is 11.8 Å². The van der Waals surface area contributed by atoms with Crippen LogP contribution >= 0.6 is 0 Å². The largest absolute Gasteiger partial charge is 0.424 e. The Labute approximate surface area is 129 Å². The van der Waals surface area contributed by atoms with Crippen molar-refractivity contribution in [3.63, 3.8) is 0 Å². The molecule has 1 aromatic carbocycles. The van der Waals surface area contributed by atoms with Gasteiger partial charge in [-0.25, -0.2) is 0 Å². The van der Waals surface area contributed by atoms with E-state index >= 15 is 0 Å². The molecule has 0 amide bonds. The zero-order chi connectivity index (χ0) is 15.9. The first kappa shape index (κ1) is 14.6. The first-order valence-electron chi connectivity index (χ1n) is 7.56.